The predicted molar refractivity (Wildman–Crippen MR) is 61.5 cm³/mol. The Kier molecular flexibility index (Phi) is 4.68. The van der Waals surface area contributed by atoms with Crippen molar-refractivity contribution in [3.05, 3.63) is 42.0 Å². The Hall–Kier alpha value is -2.31. The number of hydrogen-bond acceptors (Lipinski definition) is 2. The Morgan fingerprint density at radius 1 is 1.26 bits per heavy atom. The minimum absolute atomic E-state index is 0.375. The minimum atomic E-state index is -4.57. The number of carboxylic acid groups (broad SMARTS) is 1. The van der Waals surface area contributed by atoms with Crippen molar-refractivity contribution in [2.75, 3.05) is 5.32 Å². The molecule has 0 aliphatic rings. The number of carbonyl (C=O) groups is 2. The summed E-state index contributed by atoms with van der Waals surface area (Å²) in [5, 5.41) is 10.4. The molecule has 4 nitrogen and oxygen atoms in total. The summed E-state index contributed by atoms with van der Waals surface area (Å²) in [5.74, 6) is -1.96. The van der Waals surface area contributed by atoms with E-state index in [-0.39, 0.29) is 12.1 Å². The number of aliphatic carboxylic acids is 1. The number of anilines is 1. The van der Waals surface area contributed by atoms with Gasteiger partial charge in [0.1, 0.15) is 0 Å². The zero-order valence-electron chi connectivity index (χ0n) is 9.57. The quantitative estimate of drug-likeness (QED) is 0.829. The zero-order valence-corrected chi connectivity index (χ0v) is 9.57. The fraction of sp³-hybridized carbons (Fsp3) is 0.167. The van der Waals surface area contributed by atoms with Gasteiger partial charge in [0, 0.05) is 0 Å². The van der Waals surface area contributed by atoms with Crippen LogP contribution < -0.4 is 5.32 Å². The summed E-state index contributed by atoms with van der Waals surface area (Å²) in [6.45, 7) is 0. The summed E-state index contributed by atoms with van der Waals surface area (Å²) in [5.41, 5.74) is -1.34. The SMILES string of the molecule is O=C(O)CC=CC(=O)Nc1ccccc1C(F)(F)F. The molecule has 1 aromatic carbocycles. The van der Waals surface area contributed by atoms with E-state index in [0.717, 1.165) is 24.3 Å². The molecule has 0 bridgehead atoms. The van der Waals surface area contributed by atoms with Crippen LogP contribution in [0, 0.1) is 0 Å². The molecule has 0 saturated heterocycles. The summed E-state index contributed by atoms with van der Waals surface area (Å²) >= 11 is 0. The van der Waals surface area contributed by atoms with Gasteiger partial charge in [0.25, 0.3) is 0 Å². The van der Waals surface area contributed by atoms with Crippen LogP contribution in [0.3, 0.4) is 0 Å². The Morgan fingerprint density at radius 3 is 2.47 bits per heavy atom. The van der Waals surface area contributed by atoms with Crippen molar-refractivity contribution >= 4 is 17.6 Å². The molecule has 0 aliphatic heterocycles. The van der Waals surface area contributed by atoms with E-state index in [1.54, 1.807) is 0 Å². The summed E-state index contributed by atoms with van der Waals surface area (Å²) in [4.78, 5) is 21.5. The van der Waals surface area contributed by atoms with Crippen LogP contribution in [0.5, 0.6) is 0 Å². The number of carbonyl (C=O) groups excluding carboxylic acids is 1. The number of amides is 1. The lowest BCUT2D eigenvalue weighted by Crippen LogP contribution is -2.14. The van der Waals surface area contributed by atoms with Crippen molar-refractivity contribution in [3.63, 3.8) is 0 Å². The van der Waals surface area contributed by atoms with E-state index in [1.807, 2.05) is 0 Å². The van der Waals surface area contributed by atoms with Crippen LogP contribution in [0.25, 0.3) is 0 Å². The lowest BCUT2D eigenvalue weighted by Gasteiger charge is -2.12. The first kappa shape index (κ1) is 14.7. The normalized spacial score (nSPS) is 11.5. The van der Waals surface area contributed by atoms with Gasteiger partial charge in [0.05, 0.1) is 17.7 Å². The van der Waals surface area contributed by atoms with Crippen molar-refractivity contribution < 1.29 is 27.9 Å². The number of benzene rings is 1. The lowest BCUT2D eigenvalue weighted by atomic mass is 10.1. The molecule has 2 N–H and O–H groups in total. The highest BCUT2D eigenvalue weighted by molar-refractivity contribution is 6.00. The topological polar surface area (TPSA) is 66.4 Å². The molecule has 0 atom stereocenters. The van der Waals surface area contributed by atoms with Gasteiger partial charge in [0.2, 0.25) is 5.91 Å². The highest BCUT2D eigenvalue weighted by Gasteiger charge is 2.33. The highest BCUT2D eigenvalue weighted by Crippen LogP contribution is 2.34. The summed E-state index contributed by atoms with van der Waals surface area (Å²) < 4.78 is 37.8. The van der Waals surface area contributed by atoms with E-state index >= 15 is 0 Å². The molecular weight excluding hydrogens is 263 g/mol. The standard InChI is InChI=1S/C12H10F3NO3/c13-12(14,15)8-4-1-2-5-9(8)16-10(17)6-3-7-11(18)19/h1-6H,7H2,(H,16,17)(H,18,19). The Morgan fingerprint density at radius 2 is 1.89 bits per heavy atom. The molecule has 0 spiro atoms. The smallest absolute Gasteiger partial charge is 0.418 e. The average molecular weight is 273 g/mol. The third kappa shape index (κ3) is 4.82. The first-order valence-corrected chi connectivity index (χ1v) is 5.16. The van der Waals surface area contributed by atoms with E-state index < -0.39 is 23.6 Å². The molecular formula is C12H10F3NO3. The van der Waals surface area contributed by atoms with Crippen LogP contribution in [0.1, 0.15) is 12.0 Å². The first-order valence-electron chi connectivity index (χ1n) is 5.16. The van der Waals surface area contributed by atoms with Crippen molar-refractivity contribution in [1.82, 2.24) is 0 Å². The number of nitrogens with one attached hydrogen (secondary N) is 1. The molecule has 0 saturated carbocycles. The van der Waals surface area contributed by atoms with Crippen molar-refractivity contribution in [1.29, 1.82) is 0 Å². The van der Waals surface area contributed by atoms with Gasteiger partial charge in [-0.05, 0) is 18.2 Å². The Labute approximate surface area is 106 Å². The average Bonchev–Trinajstić information content (AvgIpc) is 2.27. The Balaban J connectivity index is 2.80. The molecule has 7 heteroatoms. The summed E-state index contributed by atoms with van der Waals surface area (Å²) in [6.07, 6.45) is -3.03. The molecule has 1 amide bonds. The number of halogens is 3. The lowest BCUT2D eigenvalue weighted by molar-refractivity contribution is -0.137. The van der Waals surface area contributed by atoms with E-state index in [9.17, 15) is 22.8 Å². The molecule has 0 radical (unpaired) electrons. The summed E-state index contributed by atoms with van der Waals surface area (Å²) in [7, 11) is 0. The van der Waals surface area contributed by atoms with Crippen molar-refractivity contribution in [2.24, 2.45) is 0 Å². The van der Waals surface area contributed by atoms with Gasteiger partial charge in [-0.25, -0.2) is 0 Å². The second-order valence-corrected chi connectivity index (χ2v) is 3.53. The molecule has 1 aromatic rings. The van der Waals surface area contributed by atoms with Gasteiger partial charge in [-0.2, -0.15) is 13.2 Å². The van der Waals surface area contributed by atoms with Crippen molar-refractivity contribution in [2.45, 2.75) is 12.6 Å². The fourth-order valence-corrected chi connectivity index (χ4v) is 1.28. The third-order valence-corrected chi connectivity index (χ3v) is 2.05. The maximum atomic E-state index is 12.6. The van der Waals surface area contributed by atoms with Crippen LogP contribution >= 0.6 is 0 Å². The highest BCUT2D eigenvalue weighted by atomic mass is 19.4. The van der Waals surface area contributed by atoms with Gasteiger partial charge in [0.15, 0.2) is 0 Å². The maximum absolute atomic E-state index is 12.6. The number of alkyl halides is 3. The molecule has 0 heterocycles. The number of rotatable bonds is 4. The summed E-state index contributed by atoms with van der Waals surface area (Å²) in [6, 6.07) is 4.52. The number of carboxylic acids is 1. The number of hydrogen-bond donors (Lipinski definition) is 2. The molecule has 0 aromatic heterocycles. The third-order valence-electron chi connectivity index (χ3n) is 2.05. The molecule has 0 unspecified atom stereocenters. The maximum Gasteiger partial charge on any atom is 0.418 e. The van der Waals surface area contributed by atoms with Crippen molar-refractivity contribution in [3.8, 4) is 0 Å². The molecule has 1 rings (SSSR count). The second-order valence-electron chi connectivity index (χ2n) is 3.53. The van der Waals surface area contributed by atoms with Gasteiger partial charge >= 0.3 is 12.1 Å². The van der Waals surface area contributed by atoms with Crippen LogP contribution in [0.15, 0.2) is 36.4 Å². The molecule has 0 aliphatic carbocycles. The van der Waals surface area contributed by atoms with E-state index in [1.165, 1.54) is 12.1 Å². The minimum Gasteiger partial charge on any atom is -0.481 e. The zero-order chi connectivity index (χ0) is 14.5. The largest absolute Gasteiger partial charge is 0.481 e. The second kappa shape index (κ2) is 6.03. The fourth-order valence-electron chi connectivity index (χ4n) is 1.28. The van der Waals surface area contributed by atoms with Gasteiger partial charge in [-0.3, -0.25) is 9.59 Å². The molecule has 0 fully saturated rings. The van der Waals surface area contributed by atoms with E-state index in [2.05, 4.69) is 5.32 Å². The van der Waals surface area contributed by atoms with Gasteiger partial charge < -0.3 is 10.4 Å². The van der Waals surface area contributed by atoms with E-state index in [0.29, 0.717) is 0 Å². The first-order chi connectivity index (χ1) is 8.80. The molecule has 102 valence electrons. The van der Waals surface area contributed by atoms with Gasteiger partial charge in [-0.1, -0.05) is 18.2 Å². The number of para-hydroxylation sites is 1. The predicted octanol–water partition coefficient (Wildman–Crippen LogP) is 2.67. The monoisotopic (exact) mass is 273 g/mol. The van der Waals surface area contributed by atoms with Crippen LogP contribution in [-0.4, -0.2) is 17.0 Å². The van der Waals surface area contributed by atoms with Crippen LogP contribution in [0.4, 0.5) is 18.9 Å². The Bertz CT molecular complexity index is 509. The van der Waals surface area contributed by atoms with Gasteiger partial charge in [-0.15, -0.1) is 0 Å². The molecule has 19 heavy (non-hydrogen) atoms. The van der Waals surface area contributed by atoms with Crippen LogP contribution in [0.2, 0.25) is 0 Å². The van der Waals surface area contributed by atoms with E-state index in [4.69, 9.17) is 5.11 Å². The van der Waals surface area contributed by atoms with Crippen LogP contribution in [-0.2, 0) is 15.8 Å².